The van der Waals surface area contributed by atoms with Crippen LogP contribution >= 0.6 is 0 Å². The highest BCUT2D eigenvalue weighted by molar-refractivity contribution is 5.68. The van der Waals surface area contributed by atoms with Gasteiger partial charge in [0.1, 0.15) is 0 Å². The molecule has 1 aliphatic carbocycles. The van der Waals surface area contributed by atoms with Crippen molar-refractivity contribution in [2.24, 2.45) is 0 Å². The quantitative estimate of drug-likeness (QED) is 0.619. The van der Waals surface area contributed by atoms with Crippen LogP contribution in [0.15, 0.2) is 12.3 Å². The predicted octanol–water partition coefficient (Wildman–Crippen LogP) is 1.14. The molecule has 0 radical (unpaired) electrons. The Hall–Kier alpha value is -1.32. The topological polar surface area (TPSA) is 44.1 Å². The van der Waals surface area contributed by atoms with E-state index < -0.39 is 0 Å². The Kier molecular flexibility index (Phi) is 1.60. The van der Waals surface area contributed by atoms with Crippen LogP contribution in [0.3, 0.4) is 0 Å². The summed E-state index contributed by atoms with van der Waals surface area (Å²) in [5.41, 5.74) is 0. The molecule has 0 aromatic carbocycles. The van der Waals surface area contributed by atoms with Gasteiger partial charge in [0.15, 0.2) is 0 Å². The van der Waals surface area contributed by atoms with E-state index in [0.717, 1.165) is 0 Å². The second-order valence-corrected chi connectivity index (χ2v) is 2.96. The van der Waals surface area contributed by atoms with E-state index in [2.05, 4.69) is 5.10 Å². The van der Waals surface area contributed by atoms with Gasteiger partial charge in [-0.3, -0.25) is 9.48 Å². The summed E-state index contributed by atoms with van der Waals surface area (Å²) in [5.74, 6) is 0.0745. The van der Waals surface area contributed by atoms with Gasteiger partial charge in [-0.2, -0.15) is 0 Å². The number of rotatable bonds is 2. The molecule has 0 amide bonds. The molecule has 1 aliphatic rings. The van der Waals surface area contributed by atoms with Crippen molar-refractivity contribution in [3.05, 3.63) is 12.3 Å². The van der Waals surface area contributed by atoms with Gasteiger partial charge in [-0.15, -0.1) is 5.10 Å². The fourth-order valence-electron chi connectivity index (χ4n) is 1.06. The third kappa shape index (κ3) is 1.47. The normalized spacial score (nSPS) is 16.1. The first kappa shape index (κ1) is 7.34. The summed E-state index contributed by atoms with van der Waals surface area (Å²) in [5, 5.41) is 4.09. The number of ether oxygens (including phenoxy) is 1. The molecule has 1 aromatic rings. The summed E-state index contributed by atoms with van der Waals surface area (Å²) in [7, 11) is 0. The number of carbonyl (C=O) groups is 1. The summed E-state index contributed by atoms with van der Waals surface area (Å²) < 4.78 is 6.65. The molecule has 0 aliphatic heterocycles. The Bertz CT molecular complexity index is 302. The lowest BCUT2D eigenvalue weighted by atomic mass is 10.6. The lowest BCUT2D eigenvalue weighted by molar-refractivity contribution is -0.132. The Morgan fingerprint density at radius 1 is 1.75 bits per heavy atom. The first-order valence-electron chi connectivity index (χ1n) is 3.99. The lowest BCUT2D eigenvalue weighted by Gasteiger charge is -1.95. The van der Waals surface area contributed by atoms with E-state index in [1.54, 1.807) is 6.07 Å². The summed E-state index contributed by atoms with van der Waals surface area (Å²) in [6.45, 7) is 1.37. The monoisotopic (exact) mass is 166 g/mol. The van der Waals surface area contributed by atoms with E-state index in [-0.39, 0.29) is 5.97 Å². The van der Waals surface area contributed by atoms with Crippen molar-refractivity contribution in [1.29, 1.82) is 0 Å². The highest BCUT2D eigenvalue weighted by Crippen LogP contribution is 2.34. The predicted molar refractivity (Wildman–Crippen MR) is 41.8 cm³/mol. The van der Waals surface area contributed by atoms with Gasteiger partial charge in [0, 0.05) is 19.2 Å². The number of hydrogen-bond donors (Lipinski definition) is 0. The Labute approximate surface area is 70.1 Å². The molecule has 0 atom stereocenters. The third-order valence-electron chi connectivity index (χ3n) is 1.75. The van der Waals surface area contributed by atoms with Crippen molar-refractivity contribution in [2.75, 3.05) is 0 Å². The maximum atomic E-state index is 10.5. The van der Waals surface area contributed by atoms with Crippen LogP contribution in [-0.2, 0) is 4.79 Å². The first-order chi connectivity index (χ1) is 5.75. The van der Waals surface area contributed by atoms with Crippen molar-refractivity contribution in [3.8, 4) is 5.88 Å². The van der Waals surface area contributed by atoms with Crippen LogP contribution < -0.4 is 4.74 Å². The molecule has 0 saturated heterocycles. The van der Waals surface area contributed by atoms with E-state index in [1.165, 1.54) is 19.8 Å². The Morgan fingerprint density at radius 2 is 2.50 bits per heavy atom. The fourth-order valence-corrected chi connectivity index (χ4v) is 1.06. The third-order valence-corrected chi connectivity index (χ3v) is 1.75. The van der Waals surface area contributed by atoms with Gasteiger partial charge in [-0.25, -0.2) is 0 Å². The number of hydrogen-bond acceptors (Lipinski definition) is 3. The minimum absolute atomic E-state index is 0.323. The fraction of sp³-hybridized carbons (Fsp3) is 0.500. The molecule has 1 heterocycles. The molecule has 0 N–H and O–H groups in total. The van der Waals surface area contributed by atoms with Crippen molar-refractivity contribution in [1.82, 2.24) is 9.78 Å². The Morgan fingerprint density at radius 3 is 3.08 bits per heavy atom. The molecule has 1 fully saturated rings. The van der Waals surface area contributed by atoms with E-state index in [1.807, 2.05) is 10.9 Å². The van der Waals surface area contributed by atoms with Crippen molar-refractivity contribution >= 4 is 5.97 Å². The molecule has 64 valence electrons. The molecule has 12 heavy (non-hydrogen) atoms. The van der Waals surface area contributed by atoms with E-state index in [4.69, 9.17) is 4.74 Å². The molecule has 1 saturated carbocycles. The zero-order chi connectivity index (χ0) is 8.55. The van der Waals surface area contributed by atoms with Crippen LogP contribution in [0.2, 0.25) is 0 Å². The zero-order valence-electron chi connectivity index (χ0n) is 6.86. The standard InChI is InChI=1S/C8H10N2O2/c1-6(11)12-8-4-5-10(9-8)7-2-3-7/h4-5,7H,2-3H2,1H3. The van der Waals surface area contributed by atoms with E-state index in [9.17, 15) is 4.79 Å². The smallest absolute Gasteiger partial charge is 0.309 e. The van der Waals surface area contributed by atoms with Crippen LogP contribution in [0, 0.1) is 0 Å². The number of nitrogens with zero attached hydrogens (tertiary/aromatic N) is 2. The van der Waals surface area contributed by atoms with Crippen molar-refractivity contribution < 1.29 is 9.53 Å². The summed E-state index contributed by atoms with van der Waals surface area (Å²) in [6.07, 6.45) is 4.21. The minimum Gasteiger partial charge on any atom is -0.406 e. The molecule has 0 spiro atoms. The van der Waals surface area contributed by atoms with Gasteiger partial charge >= 0.3 is 5.97 Å². The minimum atomic E-state index is -0.323. The number of esters is 1. The van der Waals surface area contributed by atoms with Crippen molar-refractivity contribution in [2.45, 2.75) is 25.8 Å². The second kappa shape index (κ2) is 2.62. The van der Waals surface area contributed by atoms with Gasteiger partial charge in [0.25, 0.3) is 0 Å². The largest absolute Gasteiger partial charge is 0.406 e. The number of carbonyl (C=O) groups excluding carboxylic acids is 1. The van der Waals surface area contributed by atoms with Crippen LogP contribution in [0.5, 0.6) is 5.88 Å². The molecule has 0 unspecified atom stereocenters. The van der Waals surface area contributed by atoms with E-state index >= 15 is 0 Å². The Balaban J connectivity index is 2.07. The molecule has 1 aromatic heterocycles. The average Bonchev–Trinajstić information content (AvgIpc) is 2.73. The molecular formula is C8H10N2O2. The van der Waals surface area contributed by atoms with Crippen LogP contribution in [-0.4, -0.2) is 15.7 Å². The maximum absolute atomic E-state index is 10.5. The highest BCUT2D eigenvalue weighted by atomic mass is 16.5. The van der Waals surface area contributed by atoms with Gasteiger partial charge < -0.3 is 4.74 Å². The summed E-state index contributed by atoms with van der Waals surface area (Å²) in [4.78, 5) is 10.5. The van der Waals surface area contributed by atoms with Gasteiger partial charge in [-0.1, -0.05) is 0 Å². The number of aromatic nitrogens is 2. The first-order valence-corrected chi connectivity index (χ1v) is 3.99. The molecule has 4 heteroatoms. The molecule has 2 rings (SSSR count). The van der Waals surface area contributed by atoms with Crippen molar-refractivity contribution in [3.63, 3.8) is 0 Å². The van der Waals surface area contributed by atoms with Crippen LogP contribution in [0.4, 0.5) is 0 Å². The van der Waals surface area contributed by atoms with Crippen LogP contribution in [0.25, 0.3) is 0 Å². The lowest BCUT2D eigenvalue weighted by Crippen LogP contribution is -2.03. The van der Waals surface area contributed by atoms with E-state index in [0.29, 0.717) is 11.9 Å². The second-order valence-electron chi connectivity index (χ2n) is 2.96. The molecular weight excluding hydrogens is 156 g/mol. The molecule has 4 nitrogen and oxygen atoms in total. The average molecular weight is 166 g/mol. The SMILES string of the molecule is CC(=O)Oc1ccn(C2CC2)n1. The summed E-state index contributed by atoms with van der Waals surface area (Å²) in [6, 6.07) is 2.24. The van der Waals surface area contributed by atoms with Gasteiger partial charge in [0.2, 0.25) is 5.88 Å². The molecule has 0 bridgehead atoms. The van der Waals surface area contributed by atoms with Gasteiger partial charge in [0.05, 0.1) is 6.04 Å². The highest BCUT2D eigenvalue weighted by Gasteiger charge is 2.24. The maximum Gasteiger partial charge on any atom is 0.309 e. The summed E-state index contributed by atoms with van der Waals surface area (Å²) >= 11 is 0. The van der Waals surface area contributed by atoms with Crippen LogP contribution in [0.1, 0.15) is 25.8 Å². The van der Waals surface area contributed by atoms with Gasteiger partial charge in [-0.05, 0) is 12.8 Å². The zero-order valence-corrected chi connectivity index (χ0v) is 6.86.